The average molecular weight is 332 g/mol. The number of likely N-dealkylation sites (tertiary alicyclic amines) is 1. The van der Waals surface area contributed by atoms with E-state index in [1.807, 2.05) is 35.5 Å². The van der Waals surface area contributed by atoms with Crippen LogP contribution in [0, 0.1) is 0 Å². The van der Waals surface area contributed by atoms with Crippen LogP contribution in [0.4, 0.5) is 5.13 Å². The molecule has 2 aromatic heterocycles. The molecule has 0 bridgehead atoms. The molecule has 7 heteroatoms. The summed E-state index contributed by atoms with van der Waals surface area (Å²) < 4.78 is 0. The fourth-order valence-corrected chi connectivity index (χ4v) is 3.51. The number of amides is 2. The number of H-pyrrole nitrogens is 1. The number of aromatic amines is 1. The molecule has 1 aliphatic rings. The first kappa shape index (κ1) is 15.7. The van der Waals surface area contributed by atoms with Gasteiger partial charge in [0.25, 0.3) is 0 Å². The van der Waals surface area contributed by atoms with Crippen molar-refractivity contribution in [3.05, 3.63) is 23.7 Å². The van der Waals surface area contributed by atoms with Gasteiger partial charge in [0.1, 0.15) is 0 Å². The molecule has 0 aliphatic carbocycles. The van der Waals surface area contributed by atoms with E-state index in [4.69, 9.17) is 0 Å². The molecule has 6 nitrogen and oxygen atoms in total. The van der Waals surface area contributed by atoms with E-state index < -0.39 is 0 Å². The van der Waals surface area contributed by atoms with E-state index in [1.165, 1.54) is 11.3 Å². The van der Waals surface area contributed by atoms with Crippen molar-refractivity contribution >= 4 is 28.3 Å². The zero-order valence-corrected chi connectivity index (χ0v) is 13.9. The van der Waals surface area contributed by atoms with Crippen LogP contribution in [0.25, 0.3) is 11.4 Å². The lowest BCUT2D eigenvalue weighted by molar-refractivity contribution is -0.136. The van der Waals surface area contributed by atoms with Gasteiger partial charge < -0.3 is 15.2 Å². The van der Waals surface area contributed by atoms with Gasteiger partial charge in [-0.15, -0.1) is 11.3 Å². The molecule has 1 saturated heterocycles. The molecule has 122 valence electrons. The maximum Gasteiger partial charge on any atom is 0.228 e. The Morgan fingerprint density at radius 3 is 3.13 bits per heavy atom. The highest BCUT2D eigenvalue weighted by molar-refractivity contribution is 7.14. The van der Waals surface area contributed by atoms with Crippen molar-refractivity contribution in [3.8, 4) is 11.4 Å². The summed E-state index contributed by atoms with van der Waals surface area (Å²) in [6.07, 6.45) is 4.70. The first-order chi connectivity index (χ1) is 11.1. The lowest BCUT2D eigenvalue weighted by Gasteiger charge is -2.32. The van der Waals surface area contributed by atoms with Gasteiger partial charge in [-0.2, -0.15) is 0 Å². The zero-order chi connectivity index (χ0) is 16.2. The summed E-state index contributed by atoms with van der Waals surface area (Å²) >= 11 is 1.40. The van der Waals surface area contributed by atoms with E-state index >= 15 is 0 Å². The molecule has 1 aliphatic heterocycles. The molecule has 1 fully saturated rings. The Hall–Kier alpha value is -2.15. The number of thiazole rings is 1. The van der Waals surface area contributed by atoms with Crippen LogP contribution in [0.1, 0.15) is 32.6 Å². The van der Waals surface area contributed by atoms with Crippen LogP contribution in [0.15, 0.2) is 23.7 Å². The van der Waals surface area contributed by atoms with Crippen molar-refractivity contribution in [2.75, 3.05) is 11.9 Å². The molecule has 0 saturated carbocycles. The molecule has 1 atom stereocenters. The number of carbonyl (C=O) groups is 2. The summed E-state index contributed by atoms with van der Waals surface area (Å²) in [6.45, 7) is 2.68. The van der Waals surface area contributed by atoms with E-state index in [1.54, 1.807) is 0 Å². The zero-order valence-electron chi connectivity index (χ0n) is 13.0. The number of aromatic nitrogens is 2. The van der Waals surface area contributed by atoms with E-state index in [-0.39, 0.29) is 17.9 Å². The van der Waals surface area contributed by atoms with Gasteiger partial charge in [-0.3, -0.25) is 9.59 Å². The quantitative estimate of drug-likeness (QED) is 0.884. The predicted molar refractivity (Wildman–Crippen MR) is 90.2 cm³/mol. The number of rotatable bonds is 5. The minimum absolute atomic E-state index is 0.0781. The molecule has 0 radical (unpaired) electrons. The topological polar surface area (TPSA) is 78.1 Å². The van der Waals surface area contributed by atoms with E-state index in [0.717, 1.165) is 30.8 Å². The van der Waals surface area contributed by atoms with Crippen LogP contribution in [-0.4, -0.2) is 39.3 Å². The second kappa shape index (κ2) is 6.95. The third kappa shape index (κ3) is 3.79. The average Bonchev–Trinajstić information content (AvgIpc) is 3.18. The number of hydrogen-bond acceptors (Lipinski definition) is 4. The van der Waals surface area contributed by atoms with Gasteiger partial charge in [-0.1, -0.05) is 0 Å². The van der Waals surface area contributed by atoms with E-state index in [9.17, 15) is 9.59 Å². The molecule has 2 aromatic rings. The van der Waals surface area contributed by atoms with Crippen molar-refractivity contribution in [2.45, 2.75) is 38.6 Å². The van der Waals surface area contributed by atoms with Crippen LogP contribution in [0.5, 0.6) is 0 Å². The Kier molecular flexibility index (Phi) is 4.76. The van der Waals surface area contributed by atoms with Gasteiger partial charge in [0, 0.05) is 37.0 Å². The Balaban J connectivity index is 1.56. The number of hydrogen-bond donors (Lipinski definition) is 2. The first-order valence-electron chi connectivity index (χ1n) is 7.82. The fourth-order valence-electron chi connectivity index (χ4n) is 2.79. The highest BCUT2D eigenvalue weighted by Crippen LogP contribution is 2.24. The van der Waals surface area contributed by atoms with Gasteiger partial charge in [0.05, 0.1) is 11.4 Å². The van der Waals surface area contributed by atoms with Crippen LogP contribution < -0.4 is 5.32 Å². The Morgan fingerprint density at radius 2 is 2.39 bits per heavy atom. The Morgan fingerprint density at radius 1 is 1.52 bits per heavy atom. The summed E-state index contributed by atoms with van der Waals surface area (Å²) in [7, 11) is 0. The lowest BCUT2D eigenvalue weighted by atomic mass is 10.1. The van der Waals surface area contributed by atoms with Gasteiger partial charge in [-0.25, -0.2) is 4.98 Å². The van der Waals surface area contributed by atoms with Crippen molar-refractivity contribution in [1.82, 2.24) is 14.9 Å². The van der Waals surface area contributed by atoms with Crippen LogP contribution in [0.3, 0.4) is 0 Å². The largest absolute Gasteiger partial charge is 0.360 e. The Bertz CT molecular complexity index is 680. The smallest absolute Gasteiger partial charge is 0.228 e. The van der Waals surface area contributed by atoms with Gasteiger partial charge in [-0.05, 0) is 31.9 Å². The number of piperidine rings is 1. The van der Waals surface area contributed by atoms with Crippen molar-refractivity contribution in [3.63, 3.8) is 0 Å². The first-order valence-corrected chi connectivity index (χ1v) is 8.70. The minimum atomic E-state index is -0.108. The molecule has 2 amide bonds. The molecule has 3 heterocycles. The Labute approximate surface area is 138 Å². The summed E-state index contributed by atoms with van der Waals surface area (Å²) in [5.74, 6) is 0.0445. The summed E-state index contributed by atoms with van der Waals surface area (Å²) in [5.41, 5.74) is 1.74. The fraction of sp³-hybridized carbons (Fsp3) is 0.438. The van der Waals surface area contributed by atoms with Crippen LogP contribution in [0.2, 0.25) is 0 Å². The molecule has 0 aromatic carbocycles. The van der Waals surface area contributed by atoms with Crippen molar-refractivity contribution < 1.29 is 9.59 Å². The second-order valence-corrected chi connectivity index (χ2v) is 6.63. The maximum absolute atomic E-state index is 12.2. The third-order valence-corrected chi connectivity index (χ3v) is 4.76. The van der Waals surface area contributed by atoms with E-state index in [0.29, 0.717) is 18.0 Å². The SMILES string of the molecule is CC(CC(=O)Nc1nc(-c2ccc[nH]2)cs1)N1CCCCC1=O. The molecule has 2 N–H and O–H groups in total. The van der Waals surface area contributed by atoms with Crippen LogP contribution in [-0.2, 0) is 9.59 Å². The van der Waals surface area contributed by atoms with Gasteiger partial charge >= 0.3 is 0 Å². The van der Waals surface area contributed by atoms with Gasteiger partial charge in [0.15, 0.2) is 5.13 Å². The van der Waals surface area contributed by atoms with Crippen molar-refractivity contribution in [1.29, 1.82) is 0 Å². The summed E-state index contributed by atoms with van der Waals surface area (Å²) in [6, 6.07) is 3.76. The normalized spacial score (nSPS) is 16.4. The molecule has 1 unspecified atom stereocenters. The predicted octanol–water partition coefficient (Wildman–Crippen LogP) is 2.87. The molecular formula is C16H20N4O2S. The maximum atomic E-state index is 12.2. The van der Waals surface area contributed by atoms with E-state index in [2.05, 4.69) is 15.3 Å². The second-order valence-electron chi connectivity index (χ2n) is 5.77. The molecule has 3 rings (SSSR count). The summed E-state index contributed by atoms with van der Waals surface area (Å²) in [5, 5.41) is 5.31. The molecule has 0 spiro atoms. The number of anilines is 1. The number of nitrogens with one attached hydrogen (secondary N) is 2. The monoisotopic (exact) mass is 332 g/mol. The molecular weight excluding hydrogens is 312 g/mol. The number of carbonyl (C=O) groups excluding carboxylic acids is 2. The van der Waals surface area contributed by atoms with Crippen molar-refractivity contribution in [2.24, 2.45) is 0 Å². The lowest BCUT2D eigenvalue weighted by Crippen LogP contribution is -2.43. The standard InChI is InChI=1S/C16H20N4O2S/c1-11(20-8-3-2-6-15(20)22)9-14(21)19-16-18-13(10-23-16)12-5-4-7-17-12/h4-5,7,10-11,17H,2-3,6,8-9H2,1H3,(H,18,19,21). The third-order valence-electron chi connectivity index (χ3n) is 4.00. The van der Waals surface area contributed by atoms with Crippen LogP contribution >= 0.6 is 11.3 Å². The number of nitrogens with zero attached hydrogens (tertiary/aromatic N) is 2. The summed E-state index contributed by atoms with van der Waals surface area (Å²) in [4.78, 5) is 33.4. The molecule has 23 heavy (non-hydrogen) atoms. The minimum Gasteiger partial charge on any atom is -0.360 e. The highest BCUT2D eigenvalue weighted by atomic mass is 32.1. The van der Waals surface area contributed by atoms with Gasteiger partial charge in [0.2, 0.25) is 11.8 Å². The highest BCUT2D eigenvalue weighted by Gasteiger charge is 2.24.